The molecule has 2 aromatic rings. The summed E-state index contributed by atoms with van der Waals surface area (Å²) in [5.41, 5.74) is 4.02. The van der Waals surface area contributed by atoms with E-state index in [4.69, 9.17) is 0 Å². The molecule has 3 N–H and O–H groups in total. The second kappa shape index (κ2) is 9.95. The molecule has 2 aromatic carbocycles. The van der Waals surface area contributed by atoms with Crippen LogP contribution < -0.4 is 4.90 Å². The molecule has 2 aliphatic rings. The van der Waals surface area contributed by atoms with Gasteiger partial charge in [0.25, 0.3) is 0 Å². The number of aromatic hydroxyl groups is 1. The summed E-state index contributed by atoms with van der Waals surface area (Å²) < 4.78 is 0. The third-order valence-corrected chi connectivity index (χ3v) is 6.99. The van der Waals surface area contributed by atoms with E-state index in [0.717, 1.165) is 16.7 Å². The number of phenolic OH excluding ortho intramolecular Hbond substituents is 1. The average Bonchev–Trinajstić information content (AvgIpc) is 3.06. The molecule has 0 saturated carbocycles. The number of allylic oxidation sites excluding steroid dienone is 2. The van der Waals surface area contributed by atoms with E-state index >= 15 is 0 Å². The van der Waals surface area contributed by atoms with Crippen molar-refractivity contribution in [1.29, 1.82) is 0 Å². The predicted octanol–water partition coefficient (Wildman–Crippen LogP) is 4.07. The Morgan fingerprint density at radius 1 is 1.12 bits per heavy atom. The number of hydrogen-bond acceptors (Lipinski definition) is 5. The van der Waals surface area contributed by atoms with Crippen LogP contribution in [-0.2, 0) is 9.59 Å². The fourth-order valence-electron chi connectivity index (χ4n) is 5.44. The Kier molecular flexibility index (Phi) is 7.00. The molecule has 1 saturated heterocycles. The highest BCUT2D eigenvalue weighted by atomic mass is 16.3. The summed E-state index contributed by atoms with van der Waals surface area (Å²) in [4.78, 5) is 27.8. The highest BCUT2D eigenvalue weighted by Gasteiger charge is 2.54. The lowest BCUT2D eigenvalue weighted by molar-refractivity contribution is -0.123. The molecule has 1 aliphatic carbocycles. The van der Waals surface area contributed by atoms with Gasteiger partial charge in [-0.3, -0.25) is 14.5 Å². The van der Waals surface area contributed by atoms with Gasteiger partial charge in [-0.15, -0.1) is 0 Å². The van der Waals surface area contributed by atoms with Gasteiger partial charge in [0.2, 0.25) is 11.8 Å². The maximum absolute atomic E-state index is 13.4. The molecule has 0 radical (unpaired) electrons. The summed E-state index contributed by atoms with van der Waals surface area (Å²) in [7, 11) is 0. The molecule has 34 heavy (non-hydrogen) atoms. The monoisotopic (exact) mass is 461 g/mol. The number of imide groups is 1. The quantitative estimate of drug-likeness (QED) is 0.427. The smallest absolute Gasteiger partial charge is 0.238 e. The number of fused-ring (bicyclic) bond motifs is 1. The Labute approximate surface area is 199 Å². The van der Waals surface area contributed by atoms with Gasteiger partial charge in [0.05, 0.1) is 30.2 Å². The first-order valence-electron chi connectivity index (χ1n) is 11.7. The van der Waals surface area contributed by atoms with Crippen LogP contribution in [-0.4, -0.2) is 39.8 Å². The normalized spacial score (nSPS) is 23.9. The Hall–Kier alpha value is -3.22. The van der Waals surface area contributed by atoms with Crippen LogP contribution in [0.5, 0.6) is 5.75 Å². The van der Waals surface area contributed by atoms with E-state index in [-0.39, 0.29) is 24.2 Å². The second-order valence-electron chi connectivity index (χ2n) is 9.35. The van der Waals surface area contributed by atoms with Crippen LogP contribution in [0.25, 0.3) is 6.08 Å². The summed E-state index contributed by atoms with van der Waals surface area (Å²) in [6.07, 6.45) is 2.60. The maximum Gasteiger partial charge on any atom is 0.238 e. The third-order valence-electron chi connectivity index (χ3n) is 6.99. The van der Waals surface area contributed by atoms with Crippen LogP contribution in [0.4, 0.5) is 5.69 Å². The van der Waals surface area contributed by atoms with Crippen molar-refractivity contribution < 1.29 is 24.9 Å². The first-order chi connectivity index (χ1) is 16.3. The van der Waals surface area contributed by atoms with Gasteiger partial charge in [0.15, 0.2) is 0 Å². The van der Waals surface area contributed by atoms with E-state index in [9.17, 15) is 24.9 Å². The Balaban J connectivity index is 1.52. The summed E-state index contributed by atoms with van der Waals surface area (Å²) in [5.74, 6) is -2.13. The van der Waals surface area contributed by atoms with Gasteiger partial charge in [-0.05, 0) is 68.5 Å². The third kappa shape index (κ3) is 4.56. The van der Waals surface area contributed by atoms with Gasteiger partial charge in [-0.2, -0.15) is 0 Å². The molecular weight excluding hydrogens is 430 g/mol. The lowest BCUT2D eigenvalue weighted by atomic mass is 9.68. The Bertz CT molecular complexity index is 1140. The summed E-state index contributed by atoms with van der Waals surface area (Å²) in [6, 6.07) is 15.8. The van der Waals surface area contributed by atoms with Gasteiger partial charge in [0.1, 0.15) is 5.75 Å². The van der Waals surface area contributed by atoms with Crippen LogP contribution in [0.1, 0.15) is 38.7 Å². The van der Waals surface area contributed by atoms with Gasteiger partial charge in [0, 0.05) is 5.92 Å². The molecule has 4 rings (SSSR count). The Morgan fingerprint density at radius 2 is 1.85 bits per heavy atom. The number of aliphatic hydroxyl groups excluding tert-OH is 2. The van der Waals surface area contributed by atoms with E-state index in [1.807, 2.05) is 32.1 Å². The minimum Gasteiger partial charge on any atom is -0.508 e. The van der Waals surface area contributed by atoms with Crippen LogP contribution >= 0.6 is 0 Å². The van der Waals surface area contributed by atoms with E-state index in [2.05, 4.69) is 0 Å². The molecule has 4 atom stereocenters. The molecular formula is C28H31NO5. The van der Waals surface area contributed by atoms with Gasteiger partial charge >= 0.3 is 0 Å². The molecule has 1 heterocycles. The first-order valence-corrected chi connectivity index (χ1v) is 11.7. The van der Waals surface area contributed by atoms with Crippen molar-refractivity contribution in [2.45, 2.75) is 39.2 Å². The number of para-hydroxylation sites is 1. The summed E-state index contributed by atoms with van der Waals surface area (Å²) in [5, 5.41) is 31.0. The zero-order chi connectivity index (χ0) is 24.4. The number of benzene rings is 2. The summed E-state index contributed by atoms with van der Waals surface area (Å²) in [6.45, 7) is 3.55. The lowest BCUT2D eigenvalue weighted by Gasteiger charge is -2.35. The number of aliphatic hydroxyl groups is 2. The molecule has 0 spiro atoms. The number of hydrogen-bond donors (Lipinski definition) is 3. The first kappa shape index (κ1) is 23.9. The minimum absolute atomic E-state index is 0.199. The highest BCUT2D eigenvalue weighted by molar-refractivity contribution is 6.22. The van der Waals surface area contributed by atoms with Crippen molar-refractivity contribution in [2.75, 3.05) is 11.5 Å². The SMILES string of the molecule is CC1=C([C@H](O)CC/C(C)=C/c2cccc(O)c2)[C@H](CO)[C@@H]2C(=O)N(c3ccccc3)C(=O)[C@@H]2C1. The van der Waals surface area contributed by atoms with Crippen molar-refractivity contribution in [3.8, 4) is 5.75 Å². The van der Waals surface area contributed by atoms with Crippen molar-refractivity contribution >= 4 is 23.6 Å². The molecule has 0 bridgehead atoms. The van der Waals surface area contributed by atoms with E-state index < -0.39 is 23.9 Å². The molecule has 0 aromatic heterocycles. The highest BCUT2D eigenvalue weighted by Crippen LogP contribution is 2.47. The molecule has 6 heteroatoms. The molecule has 2 amide bonds. The fraction of sp³-hybridized carbons (Fsp3) is 0.357. The van der Waals surface area contributed by atoms with Crippen molar-refractivity contribution in [3.05, 3.63) is 76.9 Å². The van der Waals surface area contributed by atoms with Crippen molar-refractivity contribution in [2.24, 2.45) is 17.8 Å². The Morgan fingerprint density at radius 3 is 2.53 bits per heavy atom. The van der Waals surface area contributed by atoms with Crippen LogP contribution in [0.15, 0.2) is 71.3 Å². The van der Waals surface area contributed by atoms with E-state index in [1.54, 1.807) is 42.5 Å². The number of anilines is 1. The van der Waals surface area contributed by atoms with Crippen LogP contribution in [0.3, 0.4) is 0 Å². The standard InChI is InChI=1S/C28H31NO5/c1-17(13-19-7-6-10-21(31)15-19)11-12-24(32)25-18(2)14-22-26(23(25)16-30)28(34)29(27(22)33)20-8-4-3-5-9-20/h3-10,13,15,22-24,26,30-32H,11-12,14,16H2,1-2H3/b17-13+/t22-,23+,24-,26-/m1/s1. The molecule has 1 aliphatic heterocycles. The predicted molar refractivity (Wildman–Crippen MR) is 131 cm³/mol. The second-order valence-corrected chi connectivity index (χ2v) is 9.35. The molecule has 0 unspecified atom stereocenters. The maximum atomic E-state index is 13.4. The number of amides is 2. The fourth-order valence-corrected chi connectivity index (χ4v) is 5.44. The van der Waals surface area contributed by atoms with Gasteiger partial charge in [-0.25, -0.2) is 0 Å². The molecule has 178 valence electrons. The number of rotatable bonds is 7. The largest absolute Gasteiger partial charge is 0.508 e. The zero-order valence-corrected chi connectivity index (χ0v) is 19.5. The summed E-state index contributed by atoms with van der Waals surface area (Å²) >= 11 is 0. The van der Waals surface area contributed by atoms with Gasteiger partial charge < -0.3 is 15.3 Å². The lowest BCUT2D eigenvalue weighted by Crippen LogP contribution is -2.38. The molecule has 1 fully saturated rings. The van der Waals surface area contributed by atoms with Gasteiger partial charge in [-0.1, -0.05) is 47.6 Å². The number of phenols is 1. The van der Waals surface area contributed by atoms with Crippen LogP contribution in [0.2, 0.25) is 0 Å². The number of carbonyl (C=O) groups is 2. The van der Waals surface area contributed by atoms with Crippen LogP contribution in [0, 0.1) is 17.8 Å². The average molecular weight is 462 g/mol. The van der Waals surface area contributed by atoms with Crippen molar-refractivity contribution in [3.63, 3.8) is 0 Å². The topological polar surface area (TPSA) is 98.1 Å². The van der Waals surface area contributed by atoms with Crippen molar-refractivity contribution in [1.82, 2.24) is 0 Å². The molecule has 6 nitrogen and oxygen atoms in total. The van der Waals surface area contributed by atoms with E-state index in [0.29, 0.717) is 30.5 Å². The van der Waals surface area contributed by atoms with E-state index in [1.165, 1.54) is 4.90 Å². The number of carbonyl (C=O) groups excluding carboxylic acids is 2. The zero-order valence-electron chi connectivity index (χ0n) is 19.5. The minimum atomic E-state index is -0.820. The number of nitrogens with zero attached hydrogens (tertiary/aromatic N) is 1.